The zero-order chi connectivity index (χ0) is 20.8. The lowest BCUT2D eigenvalue weighted by atomic mass is 10.2. The van der Waals surface area contributed by atoms with E-state index < -0.39 is 0 Å². The molecule has 0 radical (unpaired) electrons. The molecule has 6 nitrogen and oxygen atoms in total. The van der Waals surface area contributed by atoms with E-state index in [1.165, 1.54) is 16.4 Å². The highest BCUT2D eigenvalue weighted by molar-refractivity contribution is 7.99. The lowest BCUT2D eigenvalue weighted by Gasteiger charge is -2.08. The Kier molecular flexibility index (Phi) is 6.01. The minimum atomic E-state index is -0.138. The van der Waals surface area contributed by atoms with Gasteiger partial charge in [-0.2, -0.15) is 0 Å². The number of hydrogen-bond donors (Lipinski definition) is 2. The molecule has 0 saturated heterocycles. The van der Waals surface area contributed by atoms with Crippen LogP contribution in [0.2, 0.25) is 0 Å². The number of nitrogens with zero attached hydrogens (tertiary/aromatic N) is 2. The molecular formula is C23H20N4O2S. The molecule has 0 aliphatic carbocycles. The van der Waals surface area contributed by atoms with Crippen LogP contribution in [0.3, 0.4) is 0 Å². The number of anilines is 1. The average molecular weight is 417 g/mol. The van der Waals surface area contributed by atoms with Crippen molar-refractivity contribution >= 4 is 23.4 Å². The number of hydrogen-bond acceptors (Lipinski definition) is 5. The second-order valence-electron chi connectivity index (χ2n) is 6.46. The van der Waals surface area contributed by atoms with Crippen LogP contribution in [0.25, 0.3) is 11.3 Å². The highest BCUT2D eigenvalue weighted by Crippen LogP contribution is 2.24. The van der Waals surface area contributed by atoms with E-state index in [0.29, 0.717) is 16.6 Å². The Morgan fingerprint density at radius 3 is 2.27 bits per heavy atom. The smallest absolute Gasteiger partial charge is 0.234 e. The van der Waals surface area contributed by atoms with Gasteiger partial charge in [-0.05, 0) is 36.4 Å². The fourth-order valence-electron chi connectivity index (χ4n) is 2.79. The lowest BCUT2D eigenvalue weighted by Crippen LogP contribution is -2.15. The van der Waals surface area contributed by atoms with Gasteiger partial charge in [0.05, 0.1) is 17.6 Å². The molecular weight excluding hydrogens is 396 g/mol. The number of benzene rings is 3. The molecule has 0 saturated carbocycles. The van der Waals surface area contributed by atoms with Crippen LogP contribution in [0.4, 0.5) is 5.69 Å². The van der Waals surface area contributed by atoms with Crippen molar-refractivity contribution in [2.75, 3.05) is 16.9 Å². The summed E-state index contributed by atoms with van der Waals surface area (Å²) in [5.41, 5.74) is 2.45. The summed E-state index contributed by atoms with van der Waals surface area (Å²) < 4.78 is 7.19. The molecule has 1 amide bonds. The van der Waals surface area contributed by atoms with Crippen LogP contribution in [0.5, 0.6) is 11.5 Å². The maximum atomic E-state index is 12.3. The number of nitrogens with one attached hydrogen (secondary N) is 1. The van der Waals surface area contributed by atoms with Crippen molar-refractivity contribution < 1.29 is 9.53 Å². The van der Waals surface area contributed by atoms with Gasteiger partial charge in [-0.1, -0.05) is 60.3 Å². The van der Waals surface area contributed by atoms with Gasteiger partial charge in [0.15, 0.2) is 5.16 Å². The maximum Gasteiger partial charge on any atom is 0.234 e. The van der Waals surface area contributed by atoms with Gasteiger partial charge in [0.25, 0.3) is 0 Å². The predicted octanol–water partition coefficient (Wildman–Crippen LogP) is 4.79. The number of carbonyl (C=O) groups is 1. The van der Waals surface area contributed by atoms with Crippen LogP contribution in [0.15, 0.2) is 96.3 Å². The molecule has 150 valence electrons. The third kappa shape index (κ3) is 5.01. The van der Waals surface area contributed by atoms with Crippen LogP contribution in [0, 0.1) is 0 Å². The minimum absolute atomic E-state index is 0.138. The van der Waals surface area contributed by atoms with Crippen LogP contribution >= 0.6 is 11.8 Å². The molecule has 4 aromatic rings. The third-order valence-electron chi connectivity index (χ3n) is 4.22. The molecule has 7 heteroatoms. The highest BCUT2D eigenvalue weighted by Gasteiger charge is 2.11. The van der Waals surface area contributed by atoms with Crippen molar-refractivity contribution in [1.29, 1.82) is 0 Å². The normalized spacial score (nSPS) is 10.5. The fourth-order valence-corrected chi connectivity index (χ4v) is 3.49. The highest BCUT2D eigenvalue weighted by atomic mass is 32.2. The Labute approximate surface area is 178 Å². The van der Waals surface area contributed by atoms with Gasteiger partial charge in [0, 0.05) is 11.3 Å². The number of carbonyl (C=O) groups excluding carboxylic acids is 1. The van der Waals surface area contributed by atoms with E-state index >= 15 is 0 Å². The molecule has 0 aliphatic rings. The summed E-state index contributed by atoms with van der Waals surface area (Å²) in [7, 11) is 0. The van der Waals surface area contributed by atoms with Gasteiger partial charge in [-0.3, -0.25) is 4.79 Å². The number of nitrogen functional groups attached to an aromatic ring is 1. The molecule has 0 bridgehead atoms. The summed E-state index contributed by atoms with van der Waals surface area (Å²) in [4.78, 5) is 16.8. The molecule has 0 fully saturated rings. The summed E-state index contributed by atoms with van der Waals surface area (Å²) in [6, 6.07) is 26.5. The first-order valence-electron chi connectivity index (χ1n) is 9.33. The second-order valence-corrected chi connectivity index (χ2v) is 7.40. The molecule has 3 aromatic carbocycles. The van der Waals surface area contributed by atoms with Gasteiger partial charge in [0.2, 0.25) is 5.91 Å². The summed E-state index contributed by atoms with van der Waals surface area (Å²) in [6.07, 6.45) is 1.75. The first kappa shape index (κ1) is 19.6. The number of nitrogens with two attached hydrogens (primary N) is 1. The Balaban J connectivity index is 1.31. The topological polar surface area (TPSA) is 82.2 Å². The Bertz CT molecular complexity index is 1110. The molecule has 0 spiro atoms. The van der Waals surface area contributed by atoms with Crippen molar-refractivity contribution in [3.63, 3.8) is 0 Å². The molecule has 0 unspecified atom stereocenters. The van der Waals surface area contributed by atoms with Crippen LogP contribution in [-0.4, -0.2) is 21.3 Å². The van der Waals surface area contributed by atoms with Crippen molar-refractivity contribution in [2.45, 2.75) is 5.16 Å². The van der Waals surface area contributed by atoms with Crippen molar-refractivity contribution in [1.82, 2.24) is 9.66 Å². The van der Waals surface area contributed by atoms with E-state index in [1.807, 2.05) is 72.8 Å². The Morgan fingerprint density at radius 2 is 1.57 bits per heavy atom. The molecule has 0 aliphatic heterocycles. The largest absolute Gasteiger partial charge is 0.457 e. The van der Waals surface area contributed by atoms with Gasteiger partial charge in [-0.25, -0.2) is 9.66 Å². The number of thioether (sulfide) groups is 1. The van der Waals surface area contributed by atoms with Crippen molar-refractivity contribution in [3.05, 3.63) is 91.1 Å². The quantitative estimate of drug-likeness (QED) is 0.334. The molecule has 0 atom stereocenters. The van der Waals surface area contributed by atoms with E-state index in [4.69, 9.17) is 10.6 Å². The average Bonchev–Trinajstić information content (AvgIpc) is 3.16. The summed E-state index contributed by atoms with van der Waals surface area (Å²) in [6.45, 7) is 0. The van der Waals surface area contributed by atoms with E-state index in [1.54, 1.807) is 18.3 Å². The van der Waals surface area contributed by atoms with Crippen molar-refractivity contribution in [2.24, 2.45) is 0 Å². The van der Waals surface area contributed by atoms with E-state index in [0.717, 1.165) is 17.0 Å². The van der Waals surface area contributed by atoms with Crippen LogP contribution in [0.1, 0.15) is 0 Å². The van der Waals surface area contributed by atoms with Gasteiger partial charge in [0.1, 0.15) is 11.5 Å². The van der Waals surface area contributed by atoms with E-state index in [9.17, 15) is 4.79 Å². The molecule has 4 rings (SSSR count). The molecule has 30 heavy (non-hydrogen) atoms. The summed E-state index contributed by atoms with van der Waals surface area (Å²) in [5, 5.41) is 3.45. The molecule has 1 aromatic heterocycles. The van der Waals surface area contributed by atoms with Gasteiger partial charge in [-0.15, -0.1) is 0 Å². The fraction of sp³-hybridized carbons (Fsp3) is 0.0435. The zero-order valence-corrected chi connectivity index (χ0v) is 16.9. The SMILES string of the molecule is Nn1cc(-c2ccccc2)nc1SCC(=O)Nc1ccc(Oc2ccccc2)cc1. The minimum Gasteiger partial charge on any atom is -0.457 e. The Morgan fingerprint density at radius 1 is 0.933 bits per heavy atom. The molecule has 3 N–H and O–H groups in total. The number of imidazole rings is 1. The Hall–Kier alpha value is -3.71. The first-order valence-corrected chi connectivity index (χ1v) is 10.3. The number of amides is 1. The van der Waals surface area contributed by atoms with Gasteiger partial charge < -0.3 is 15.9 Å². The summed E-state index contributed by atoms with van der Waals surface area (Å²) in [5.74, 6) is 7.51. The van der Waals surface area contributed by atoms with Crippen molar-refractivity contribution in [3.8, 4) is 22.8 Å². The van der Waals surface area contributed by atoms with E-state index in [-0.39, 0.29) is 11.7 Å². The monoisotopic (exact) mass is 416 g/mol. The van der Waals surface area contributed by atoms with E-state index in [2.05, 4.69) is 10.3 Å². The maximum absolute atomic E-state index is 12.3. The lowest BCUT2D eigenvalue weighted by molar-refractivity contribution is -0.113. The number of aromatic nitrogens is 2. The first-order chi connectivity index (χ1) is 14.7. The second kappa shape index (κ2) is 9.19. The zero-order valence-electron chi connectivity index (χ0n) is 16.1. The van der Waals surface area contributed by atoms with Crippen LogP contribution in [-0.2, 0) is 4.79 Å². The number of ether oxygens (including phenoxy) is 1. The third-order valence-corrected chi connectivity index (χ3v) is 5.18. The number of rotatable bonds is 7. The van der Waals surface area contributed by atoms with Gasteiger partial charge >= 0.3 is 0 Å². The summed E-state index contributed by atoms with van der Waals surface area (Å²) >= 11 is 1.28. The number of para-hydroxylation sites is 1. The van der Waals surface area contributed by atoms with Crippen LogP contribution < -0.4 is 15.9 Å². The molecule has 1 heterocycles. The predicted molar refractivity (Wildman–Crippen MR) is 120 cm³/mol. The standard InChI is InChI=1S/C23H20N4O2S/c24-27-15-21(17-7-3-1-4-8-17)26-23(27)30-16-22(28)25-18-11-13-20(14-12-18)29-19-9-5-2-6-10-19/h1-15H,16,24H2,(H,25,28).